The fourth-order valence-electron chi connectivity index (χ4n) is 4.23. The number of oxazole rings is 1. The monoisotopic (exact) mass is 622 g/mol. The molecule has 0 radical (unpaired) electrons. The number of nitrogens with one attached hydrogen (secondary N) is 3. The Bertz CT molecular complexity index is 1160. The van der Waals surface area contributed by atoms with Gasteiger partial charge in [-0.25, -0.2) is 9.97 Å². The molecular formula is C29H46N6O5S2. The summed E-state index contributed by atoms with van der Waals surface area (Å²) in [5.41, 5.74) is -0.556. The van der Waals surface area contributed by atoms with E-state index in [4.69, 9.17) is 9.15 Å². The smallest absolute Gasteiger partial charge is 0.320 e. The van der Waals surface area contributed by atoms with Crippen molar-refractivity contribution in [2.75, 3.05) is 44.6 Å². The van der Waals surface area contributed by atoms with Crippen LogP contribution in [0.15, 0.2) is 21.0 Å². The van der Waals surface area contributed by atoms with Crippen LogP contribution < -0.4 is 16.0 Å². The number of unbranched alkanes of at least 4 members (excludes halogenated alkanes) is 1. The standard InChI is InChI=1S/C29H46N6O5S2/c1-28(2,3)21-15-32-23(39-21)19-41-25-17-33-27(42-25)34-26(38)20-9-13-35(14-10-20)18-22(36)31-12-8-7-11-30-16-24(37)40-29(4,5)6/h15,17,20,30H,7-14,16,18-19H2,1-6H3,(H,31,36)(H,33,34,38). The van der Waals surface area contributed by atoms with Crippen LogP contribution in [0.3, 0.4) is 0 Å². The van der Waals surface area contributed by atoms with Crippen molar-refractivity contribution in [3.05, 3.63) is 24.0 Å². The Morgan fingerprint density at radius 1 is 1.07 bits per heavy atom. The molecule has 1 aliphatic rings. The lowest BCUT2D eigenvalue weighted by atomic mass is 9.94. The first-order chi connectivity index (χ1) is 19.8. The molecular weight excluding hydrogens is 576 g/mol. The summed E-state index contributed by atoms with van der Waals surface area (Å²) >= 11 is 3.03. The second-order valence-corrected chi connectivity index (χ2v) is 14.8. The number of rotatable bonds is 14. The van der Waals surface area contributed by atoms with Gasteiger partial charge in [-0.05, 0) is 66.1 Å². The van der Waals surface area contributed by atoms with E-state index in [-0.39, 0.29) is 35.7 Å². The first kappa shape index (κ1) is 34.0. The Kier molecular flexibility index (Phi) is 12.8. The van der Waals surface area contributed by atoms with Gasteiger partial charge in [0.2, 0.25) is 17.7 Å². The average molecular weight is 623 g/mol. The Morgan fingerprint density at radius 3 is 2.45 bits per heavy atom. The number of piperidine rings is 1. The number of esters is 1. The molecule has 0 spiro atoms. The van der Waals surface area contributed by atoms with Crippen molar-refractivity contribution < 1.29 is 23.5 Å². The number of thiazole rings is 1. The quantitative estimate of drug-likeness (QED) is 0.160. The highest BCUT2D eigenvalue weighted by Crippen LogP contribution is 2.32. The van der Waals surface area contributed by atoms with E-state index in [1.807, 2.05) is 20.8 Å². The van der Waals surface area contributed by atoms with Gasteiger partial charge in [0.15, 0.2) is 5.13 Å². The summed E-state index contributed by atoms with van der Waals surface area (Å²) < 4.78 is 12.1. The molecule has 2 amide bonds. The number of thioether (sulfide) groups is 1. The first-order valence-corrected chi connectivity index (χ1v) is 16.3. The summed E-state index contributed by atoms with van der Waals surface area (Å²) in [4.78, 5) is 47.7. The number of carbonyl (C=O) groups excluding carboxylic acids is 3. The van der Waals surface area contributed by atoms with Crippen LogP contribution in [0.2, 0.25) is 0 Å². The van der Waals surface area contributed by atoms with Crippen molar-refractivity contribution >= 4 is 46.0 Å². The molecule has 0 aliphatic carbocycles. The minimum atomic E-state index is -0.479. The molecule has 1 fully saturated rings. The predicted octanol–water partition coefficient (Wildman–Crippen LogP) is 4.20. The third-order valence-corrected chi connectivity index (χ3v) is 8.55. The summed E-state index contributed by atoms with van der Waals surface area (Å²) in [6.07, 6.45) is 6.63. The van der Waals surface area contributed by atoms with E-state index in [1.165, 1.54) is 11.3 Å². The van der Waals surface area contributed by atoms with Crippen molar-refractivity contribution in [3.63, 3.8) is 0 Å². The Morgan fingerprint density at radius 2 is 1.79 bits per heavy atom. The highest BCUT2D eigenvalue weighted by Gasteiger charge is 2.26. The van der Waals surface area contributed by atoms with Crippen LogP contribution in [0.4, 0.5) is 5.13 Å². The van der Waals surface area contributed by atoms with Crippen molar-refractivity contribution in [2.24, 2.45) is 5.92 Å². The number of likely N-dealkylation sites (tertiary alicyclic amines) is 1. The van der Waals surface area contributed by atoms with E-state index >= 15 is 0 Å². The SMILES string of the molecule is CC(C)(C)OC(=O)CNCCCCNC(=O)CN1CCC(C(=O)Nc2ncc(SCc3ncc(C(C)(C)C)o3)s2)CC1. The Balaban J connectivity index is 1.25. The van der Waals surface area contributed by atoms with Crippen molar-refractivity contribution in [2.45, 2.75) is 88.2 Å². The van der Waals surface area contributed by atoms with Crippen LogP contribution in [0, 0.1) is 5.92 Å². The van der Waals surface area contributed by atoms with Gasteiger partial charge in [-0.2, -0.15) is 0 Å². The fourth-order valence-corrected chi connectivity index (χ4v) is 5.96. The lowest BCUT2D eigenvalue weighted by Gasteiger charge is -2.30. The van der Waals surface area contributed by atoms with E-state index in [2.05, 4.69) is 51.6 Å². The van der Waals surface area contributed by atoms with E-state index in [0.717, 1.165) is 22.8 Å². The molecule has 13 heteroatoms. The van der Waals surface area contributed by atoms with Crippen LogP contribution in [0.5, 0.6) is 0 Å². The predicted molar refractivity (Wildman–Crippen MR) is 166 cm³/mol. The van der Waals surface area contributed by atoms with Gasteiger partial charge in [-0.3, -0.25) is 19.3 Å². The molecule has 0 saturated carbocycles. The van der Waals surface area contributed by atoms with Gasteiger partial charge in [0.1, 0.15) is 11.4 Å². The minimum Gasteiger partial charge on any atom is -0.459 e. The highest BCUT2D eigenvalue weighted by atomic mass is 32.2. The van der Waals surface area contributed by atoms with Crippen LogP contribution in [-0.2, 0) is 30.3 Å². The normalized spacial score (nSPS) is 15.0. The Hall–Kier alpha value is -2.48. The van der Waals surface area contributed by atoms with E-state index in [9.17, 15) is 14.4 Å². The number of hydrogen-bond acceptors (Lipinski definition) is 11. The third-order valence-electron chi connectivity index (χ3n) is 6.46. The van der Waals surface area contributed by atoms with Crippen LogP contribution in [0.25, 0.3) is 0 Å². The number of carbonyl (C=O) groups is 3. The number of ether oxygens (including phenoxy) is 1. The number of nitrogens with zero attached hydrogens (tertiary/aromatic N) is 3. The largest absolute Gasteiger partial charge is 0.459 e. The van der Waals surface area contributed by atoms with E-state index in [0.29, 0.717) is 62.3 Å². The van der Waals surface area contributed by atoms with Crippen LogP contribution in [0.1, 0.15) is 78.9 Å². The lowest BCUT2D eigenvalue weighted by Crippen LogP contribution is -2.43. The molecule has 1 aliphatic heterocycles. The van der Waals surface area contributed by atoms with Gasteiger partial charge in [0.25, 0.3) is 0 Å². The van der Waals surface area contributed by atoms with Crippen LogP contribution >= 0.6 is 23.1 Å². The van der Waals surface area contributed by atoms with Gasteiger partial charge in [0, 0.05) is 17.9 Å². The van der Waals surface area contributed by atoms with E-state index < -0.39 is 5.60 Å². The third kappa shape index (κ3) is 12.4. The number of hydrogen-bond donors (Lipinski definition) is 3. The Labute approximate surface area is 257 Å². The van der Waals surface area contributed by atoms with Gasteiger partial charge in [-0.1, -0.05) is 32.1 Å². The maximum Gasteiger partial charge on any atom is 0.320 e. The van der Waals surface area contributed by atoms with Crippen molar-refractivity contribution in [3.8, 4) is 0 Å². The van der Waals surface area contributed by atoms with Crippen molar-refractivity contribution in [1.82, 2.24) is 25.5 Å². The second kappa shape index (κ2) is 15.8. The zero-order valence-corrected chi connectivity index (χ0v) is 27.3. The van der Waals surface area contributed by atoms with Gasteiger partial charge < -0.3 is 25.1 Å². The molecule has 0 bridgehead atoms. The zero-order valence-electron chi connectivity index (χ0n) is 25.7. The molecule has 11 nitrogen and oxygen atoms in total. The molecule has 3 heterocycles. The second-order valence-electron chi connectivity index (χ2n) is 12.5. The molecule has 3 N–H and O–H groups in total. The molecule has 234 valence electrons. The van der Waals surface area contributed by atoms with Crippen molar-refractivity contribution in [1.29, 1.82) is 0 Å². The molecule has 0 unspecified atom stereocenters. The van der Waals surface area contributed by atoms with Crippen LogP contribution in [-0.4, -0.2) is 77.5 Å². The molecule has 1 saturated heterocycles. The van der Waals surface area contributed by atoms with E-state index in [1.54, 1.807) is 24.2 Å². The average Bonchev–Trinajstić information content (AvgIpc) is 3.56. The summed E-state index contributed by atoms with van der Waals surface area (Å²) in [5, 5.41) is 9.58. The maximum absolute atomic E-state index is 12.8. The highest BCUT2D eigenvalue weighted by molar-refractivity contribution is 8.00. The molecule has 42 heavy (non-hydrogen) atoms. The minimum absolute atomic E-state index is 0.00758. The number of aromatic nitrogens is 2. The number of amides is 2. The van der Waals surface area contributed by atoms with Gasteiger partial charge in [-0.15, -0.1) is 11.8 Å². The summed E-state index contributed by atoms with van der Waals surface area (Å²) in [7, 11) is 0. The van der Waals surface area contributed by atoms with Gasteiger partial charge >= 0.3 is 5.97 Å². The lowest BCUT2D eigenvalue weighted by molar-refractivity contribution is -0.153. The molecule has 2 aromatic rings. The summed E-state index contributed by atoms with van der Waals surface area (Å²) in [5.74, 6) is 1.75. The molecule has 0 aromatic carbocycles. The summed E-state index contributed by atoms with van der Waals surface area (Å²) in [6.45, 7) is 15.0. The fraction of sp³-hybridized carbons (Fsp3) is 0.690. The first-order valence-electron chi connectivity index (χ1n) is 14.5. The molecule has 2 aromatic heterocycles. The maximum atomic E-state index is 12.8. The molecule has 0 atom stereocenters. The topological polar surface area (TPSA) is 139 Å². The number of anilines is 1. The van der Waals surface area contributed by atoms with Gasteiger partial charge in [0.05, 0.1) is 35.4 Å². The zero-order chi connectivity index (χ0) is 30.8. The molecule has 3 rings (SSSR count). The summed E-state index contributed by atoms with van der Waals surface area (Å²) in [6, 6.07) is 0.